The Morgan fingerprint density at radius 1 is 1.00 bits per heavy atom. The van der Waals surface area contributed by atoms with Gasteiger partial charge in [-0.05, 0) is 37.3 Å². The maximum atomic E-state index is 13.6. The van der Waals surface area contributed by atoms with E-state index in [1.165, 1.54) is 12.1 Å². The Morgan fingerprint density at radius 2 is 1.76 bits per heavy atom. The lowest BCUT2D eigenvalue weighted by Crippen LogP contribution is -2.24. The molecular formula is C21H19FN4O3. The van der Waals surface area contributed by atoms with Gasteiger partial charge in [0, 0.05) is 12.1 Å². The molecule has 0 saturated carbocycles. The number of rotatable bonds is 7. The summed E-state index contributed by atoms with van der Waals surface area (Å²) < 4.78 is 18.7. The number of carbonyl (C=O) groups is 2. The summed E-state index contributed by atoms with van der Waals surface area (Å²) in [6.45, 7) is 2.04. The van der Waals surface area contributed by atoms with Crippen molar-refractivity contribution in [2.75, 3.05) is 11.9 Å². The molecule has 7 nitrogen and oxygen atoms in total. The van der Waals surface area contributed by atoms with Gasteiger partial charge < -0.3 is 15.4 Å². The van der Waals surface area contributed by atoms with Crippen molar-refractivity contribution in [3.05, 3.63) is 83.3 Å². The van der Waals surface area contributed by atoms with E-state index in [1.54, 1.807) is 55.5 Å². The molecule has 8 heteroatoms. The van der Waals surface area contributed by atoms with Crippen LogP contribution in [0.15, 0.2) is 60.7 Å². The summed E-state index contributed by atoms with van der Waals surface area (Å²) in [4.78, 5) is 24.2. The molecule has 3 aromatic rings. The number of benzene rings is 2. The number of hydrogen-bond donors (Lipinski definition) is 2. The lowest BCUT2D eigenvalue weighted by molar-refractivity contribution is 0.0527. The second-order valence-electron chi connectivity index (χ2n) is 5.97. The van der Waals surface area contributed by atoms with Crippen LogP contribution in [0.25, 0.3) is 0 Å². The smallest absolute Gasteiger partial charge is 0.340 e. The summed E-state index contributed by atoms with van der Waals surface area (Å²) in [7, 11) is 0. The van der Waals surface area contributed by atoms with Crippen LogP contribution in [-0.4, -0.2) is 28.7 Å². The largest absolute Gasteiger partial charge is 0.462 e. The SMILES string of the molecule is CCOC(=O)c1ccccc1Nc1ccc(C(=O)NCc2ccccc2F)nn1. The van der Waals surface area contributed by atoms with Gasteiger partial charge in [-0.25, -0.2) is 9.18 Å². The van der Waals surface area contributed by atoms with E-state index in [9.17, 15) is 14.0 Å². The fraction of sp³-hybridized carbons (Fsp3) is 0.143. The van der Waals surface area contributed by atoms with Crippen LogP contribution < -0.4 is 10.6 Å². The average molecular weight is 394 g/mol. The predicted molar refractivity (Wildman–Crippen MR) is 105 cm³/mol. The number of hydrogen-bond acceptors (Lipinski definition) is 6. The summed E-state index contributed by atoms with van der Waals surface area (Å²) in [5, 5.41) is 13.4. The number of nitrogens with zero attached hydrogens (tertiary/aromatic N) is 2. The maximum Gasteiger partial charge on any atom is 0.340 e. The standard InChI is InChI=1S/C21H19FN4O3/c1-2-29-21(28)15-8-4-6-10-17(15)24-19-12-11-18(25-26-19)20(27)23-13-14-7-3-5-9-16(14)22/h3-12H,2,13H2,1H3,(H,23,27)(H,24,26). The molecule has 1 heterocycles. The first-order valence-electron chi connectivity index (χ1n) is 8.97. The second-order valence-corrected chi connectivity index (χ2v) is 5.97. The zero-order valence-electron chi connectivity index (χ0n) is 15.7. The van der Waals surface area contributed by atoms with Crippen LogP contribution in [-0.2, 0) is 11.3 Å². The van der Waals surface area contributed by atoms with Crippen LogP contribution in [0.1, 0.15) is 33.3 Å². The van der Waals surface area contributed by atoms with E-state index in [0.29, 0.717) is 22.6 Å². The van der Waals surface area contributed by atoms with E-state index in [1.807, 2.05) is 0 Å². The predicted octanol–water partition coefficient (Wildman–Crippen LogP) is 3.47. The third-order valence-corrected chi connectivity index (χ3v) is 3.98. The number of ether oxygens (including phenoxy) is 1. The van der Waals surface area contributed by atoms with Gasteiger partial charge in [-0.3, -0.25) is 4.79 Å². The number of amides is 1. The Bertz CT molecular complexity index is 1010. The van der Waals surface area contributed by atoms with Crippen molar-refractivity contribution in [2.45, 2.75) is 13.5 Å². The van der Waals surface area contributed by atoms with E-state index in [4.69, 9.17) is 4.74 Å². The molecule has 0 saturated heterocycles. The zero-order chi connectivity index (χ0) is 20.6. The van der Waals surface area contributed by atoms with E-state index in [2.05, 4.69) is 20.8 Å². The van der Waals surface area contributed by atoms with Gasteiger partial charge in [0.15, 0.2) is 11.5 Å². The molecule has 0 atom stereocenters. The van der Waals surface area contributed by atoms with Crippen molar-refractivity contribution >= 4 is 23.4 Å². The van der Waals surface area contributed by atoms with Crippen LogP contribution in [0.2, 0.25) is 0 Å². The summed E-state index contributed by atoms with van der Waals surface area (Å²) in [6.07, 6.45) is 0. The molecule has 2 aromatic carbocycles. The highest BCUT2D eigenvalue weighted by Crippen LogP contribution is 2.20. The molecule has 0 radical (unpaired) electrons. The molecule has 148 valence electrons. The van der Waals surface area contributed by atoms with Crippen molar-refractivity contribution in [1.82, 2.24) is 15.5 Å². The topological polar surface area (TPSA) is 93.2 Å². The van der Waals surface area contributed by atoms with Gasteiger partial charge in [-0.2, -0.15) is 0 Å². The van der Waals surface area contributed by atoms with E-state index in [-0.39, 0.29) is 18.8 Å². The Kier molecular flexibility index (Phi) is 6.47. The molecule has 29 heavy (non-hydrogen) atoms. The molecule has 1 amide bonds. The van der Waals surface area contributed by atoms with E-state index < -0.39 is 17.7 Å². The van der Waals surface area contributed by atoms with Crippen molar-refractivity contribution in [2.24, 2.45) is 0 Å². The average Bonchev–Trinajstić information content (AvgIpc) is 2.74. The highest BCUT2D eigenvalue weighted by molar-refractivity contribution is 5.96. The monoisotopic (exact) mass is 394 g/mol. The van der Waals surface area contributed by atoms with Crippen molar-refractivity contribution in [3.63, 3.8) is 0 Å². The van der Waals surface area contributed by atoms with Gasteiger partial charge >= 0.3 is 5.97 Å². The molecule has 0 spiro atoms. The molecule has 0 aliphatic carbocycles. The number of aromatic nitrogens is 2. The number of para-hydroxylation sites is 1. The Morgan fingerprint density at radius 3 is 2.48 bits per heavy atom. The molecular weight excluding hydrogens is 375 g/mol. The highest BCUT2D eigenvalue weighted by atomic mass is 19.1. The molecule has 0 aliphatic heterocycles. The van der Waals surface area contributed by atoms with Crippen LogP contribution in [0, 0.1) is 5.82 Å². The highest BCUT2D eigenvalue weighted by Gasteiger charge is 2.13. The lowest BCUT2D eigenvalue weighted by Gasteiger charge is -2.10. The van der Waals surface area contributed by atoms with Crippen LogP contribution in [0.5, 0.6) is 0 Å². The van der Waals surface area contributed by atoms with E-state index >= 15 is 0 Å². The van der Waals surface area contributed by atoms with Gasteiger partial charge in [0.25, 0.3) is 5.91 Å². The number of esters is 1. The van der Waals surface area contributed by atoms with Crippen LogP contribution >= 0.6 is 0 Å². The van der Waals surface area contributed by atoms with Gasteiger partial charge in [0.1, 0.15) is 5.82 Å². The fourth-order valence-electron chi connectivity index (χ4n) is 2.54. The third-order valence-electron chi connectivity index (χ3n) is 3.98. The summed E-state index contributed by atoms with van der Waals surface area (Å²) in [5.74, 6) is -0.960. The number of halogens is 1. The third kappa shape index (κ3) is 5.13. The Labute approximate surface area is 166 Å². The van der Waals surface area contributed by atoms with Crippen LogP contribution in [0.3, 0.4) is 0 Å². The summed E-state index contributed by atoms with van der Waals surface area (Å²) >= 11 is 0. The van der Waals surface area contributed by atoms with Crippen molar-refractivity contribution < 1.29 is 18.7 Å². The number of anilines is 2. The van der Waals surface area contributed by atoms with Gasteiger partial charge in [0.2, 0.25) is 0 Å². The number of nitrogens with one attached hydrogen (secondary N) is 2. The first-order valence-corrected chi connectivity index (χ1v) is 8.97. The minimum absolute atomic E-state index is 0.0418. The van der Waals surface area contributed by atoms with Gasteiger partial charge in [-0.1, -0.05) is 30.3 Å². The second kappa shape index (κ2) is 9.41. The van der Waals surface area contributed by atoms with Gasteiger partial charge in [-0.15, -0.1) is 10.2 Å². The Hall–Kier alpha value is -3.81. The van der Waals surface area contributed by atoms with Gasteiger partial charge in [0.05, 0.1) is 17.9 Å². The summed E-state index contributed by atoms with van der Waals surface area (Å²) in [5.41, 5.74) is 1.34. The molecule has 3 rings (SSSR count). The van der Waals surface area contributed by atoms with E-state index in [0.717, 1.165) is 0 Å². The molecule has 0 fully saturated rings. The Balaban J connectivity index is 1.66. The molecule has 2 N–H and O–H groups in total. The fourth-order valence-corrected chi connectivity index (χ4v) is 2.54. The number of carbonyl (C=O) groups excluding carboxylic acids is 2. The quantitative estimate of drug-likeness (QED) is 0.596. The van der Waals surface area contributed by atoms with Crippen molar-refractivity contribution in [3.8, 4) is 0 Å². The molecule has 0 aliphatic rings. The van der Waals surface area contributed by atoms with Crippen molar-refractivity contribution in [1.29, 1.82) is 0 Å². The molecule has 1 aromatic heterocycles. The first kappa shape index (κ1) is 19.9. The zero-order valence-corrected chi connectivity index (χ0v) is 15.7. The maximum absolute atomic E-state index is 13.6. The lowest BCUT2D eigenvalue weighted by atomic mass is 10.2. The minimum Gasteiger partial charge on any atom is -0.462 e. The summed E-state index contributed by atoms with van der Waals surface area (Å²) in [6, 6.07) is 16.1. The first-order chi connectivity index (χ1) is 14.1. The molecule has 0 bridgehead atoms. The minimum atomic E-state index is -0.473. The normalized spacial score (nSPS) is 10.3. The molecule has 0 unspecified atom stereocenters. The van der Waals surface area contributed by atoms with Crippen LogP contribution in [0.4, 0.5) is 15.9 Å².